The highest BCUT2D eigenvalue weighted by molar-refractivity contribution is 5.77. The van der Waals surface area contributed by atoms with Crippen LogP contribution < -0.4 is 4.74 Å². The zero-order valence-electron chi connectivity index (χ0n) is 12.5. The third kappa shape index (κ3) is 4.30. The first kappa shape index (κ1) is 15.0. The summed E-state index contributed by atoms with van der Waals surface area (Å²) >= 11 is 0. The van der Waals surface area contributed by atoms with Gasteiger partial charge in [0.25, 0.3) is 0 Å². The number of hydrogen-bond acceptors (Lipinski definition) is 5. The molecule has 2 aromatic rings. The van der Waals surface area contributed by atoms with Crippen molar-refractivity contribution < 1.29 is 14.1 Å². The Kier molecular flexibility index (Phi) is 4.92. The first-order valence-corrected chi connectivity index (χ1v) is 6.74. The van der Waals surface area contributed by atoms with Gasteiger partial charge in [-0.2, -0.15) is 4.98 Å². The van der Waals surface area contributed by atoms with Gasteiger partial charge in [0, 0.05) is 20.5 Å². The number of methoxy groups -OCH3 is 1. The Morgan fingerprint density at radius 2 is 2.05 bits per heavy atom. The second kappa shape index (κ2) is 6.88. The quantitative estimate of drug-likeness (QED) is 0.808. The third-order valence-corrected chi connectivity index (χ3v) is 3.20. The summed E-state index contributed by atoms with van der Waals surface area (Å²) in [7, 11) is 3.42. The first-order valence-electron chi connectivity index (χ1n) is 6.74. The molecule has 0 atom stereocenters. The topological polar surface area (TPSA) is 68.5 Å². The van der Waals surface area contributed by atoms with Crippen LogP contribution in [0.3, 0.4) is 0 Å². The van der Waals surface area contributed by atoms with Crippen molar-refractivity contribution in [3.63, 3.8) is 0 Å². The molecule has 1 aromatic carbocycles. The van der Waals surface area contributed by atoms with Crippen molar-refractivity contribution in [1.82, 2.24) is 15.0 Å². The van der Waals surface area contributed by atoms with Crippen LogP contribution in [0.2, 0.25) is 0 Å². The van der Waals surface area contributed by atoms with Gasteiger partial charge in [0.05, 0.1) is 13.5 Å². The molecule has 21 heavy (non-hydrogen) atoms. The second-order valence-electron chi connectivity index (χ2n) is 4.82. The molecule has 0 aliphatic rings. The van der Waals surface area contributed by atoms with Gasteiger partial charge in [-0.3, -0.25) is 4.79 Å². The number of rotatable bonds is 6. The molecule has 112 valence electrons. The van der Waals surface area contributed by atoms with Gasteiger partial charge in [-0.1, -0.05) is 17.3 Å². The summed E-state index contributed by atoms with van der Waals surface area (Å²) in [4.78, 5) is 17.7. The van der Waals surface area contributed by atoms with Gasteiger partial charge >= 0.3 is 0 Å². The Labute approximate surface area is 123 Å². The molecule has 0 N–H and O–H groups in total. The van der Waals surface area contributed by atoms with Crippen molar-refractivity contribution in [2.45, 2.75) is 19.8 Å². The lowest BCUT2D eigenvalue weighted by Gasteiger charge is -2.16. The monoisotopic (exact) mass is 289 g/mol. The zero-order chi connectivity index (χ0) is 15.2. The predicted molar refractivity (Wildman–Crippen MR) is 77.1 cm³/mol. The van der Waals surface area contributed by atoms with Gasteiger partial charge in [0.2, 0.25) is 11.8 Å². The molecule has 0 aliphatic carbocycles. The van der Waals surface area contributed by atoms with Crippen molar-refractivity contribution in [3.05, 3.63) is 41.5 Å². The lowest BCUT2D eigenvalue weighted by molar-refractivity contribution is -0.129. The minimum atomic E-state index is -0.0238. The number of benzene rings is 1. The van der Waals surface area contributed by atoms with E-state index in [2.05, 4.69) is 10.1 Å². The molecule has 6 heteroatoms. The molecule has 1 aromatic heterocycles. The van der Waals surface area contributed by atoms with Crippen LogP contribution in [0.5, 0.6) is 5.75 Å². The van der Waals surface area contributed by atoms with Crippen LogP contribution >= 0.6 is 0 Å². The summed E-state index contributed by atoms with van der Waals surface area (Å²) < 4.78 is 9.97. The SMILES string of the molecule is COc1ccc(CCN(C)C(=O)Cc2noc(C)n2)cc1. The fourth-order valence-electron chi connectivity index (χ4n) is 1.90. The van der Waals surface area contributed by atoms with E-state index in [4.69, 9.17) is 9.26 Å². The van der Waals surface area contributed by atoms with Crippen LogP contribution in [0.15, 0.2) is 28.8 Å². The summed E-state index contributed by atoms with van der Waals surface area (Å²) in [5.74, 6) is 1.70. The van der Waals surface area contributed by atoms with Crippen LogP contribution in [0.25, 0.3) is 0 Å². The molecule has 0 aliphatic heterocycles. The summed E-state index contributed by atoms with van der Waals surface area (Å²) in [5.41, 5.74) is 1.16. The molecule has 0 saturated carbocycles. The summed E-state index contributed by atoms with van der Waals surface area (Å²) in [6.45, 7) is 2.34. The Balaban J connectivity index is 1.82. The summed E-state index contributed by atoms with van der Waals surface area (Å²) in [6, 6.07) is 7.83. The minimum absolute atomic E-state index is 0.0238. The number of carbonyl (C=O) groups is 1. The van der Waals surface area contributed by atoms with E-state index < -0.39 is 0 Å². The summed E-state index contributed by atoms with van der Waals surface area (Å²) in [6.07, 6.45) is 0.952. The van der Waals surface area contributed by atoms with Crippen molar-refractivity contribution in [1.29, 1.82) is 0 Å². The van der Waals surface area contributed by atoms with E-state index in [-0.39, 0.29) is 12.3 Å². The van der Waals surface area contributed by atoms with Crippen LogP contribution in [0.4, 0.5) is 0 Å². The average Bonchev–Trinajstić information content (AvgIpc) is 2.90. The number of likely N-dealkylation sites (N-methyl/N-ethyl adjacent to an activating group) is 1. The van der Waals surface area contributed by atoms with Gasteiger partial charge in [-0.05, 0) is 24.1 Å². The highest BCUT2D eigenvalue weighted by atomic mass is 16.5. The van der Waals surface area contributed by atoms with Gasteiger partial charge in [-0.15, -0.1) is 0 Å². The zero-order valence-corrected chi connectivity index (χ0v) is 12.5. The number of amides is 1. The van der Waals surface area contributed by atoms with Crippen LogP contribution in [-0.4, -0.2) is 41.6 Å². The fraction of sp³-hybridized carbons (Fsp3) is 0.400. The molecule has 0 spiro atoms. The number of carbonyl (C=O) groups excluding carboxylic acids is 1. The van der Waals surface area contributed by atoms with Crippen molar-refractivity contribution in [3.8, 4) is 5.75 Å². The Morgan fingerprint density at radius 1 is 1.33 bits per heavy atom. The maximum atomic E-state index is 12.0. The van der Waals surface area contributed by atoms with Crippen LogP contribution in [0, 0.1) is 6.92 Å². The van der Waals surface area contributed by atoms with E-state index in [1.54, 1.807) is 26.0 Å². The fourth-order valence-corrected chi connectivity index (χ4v) is 1.90. The number of nitrogens with zero attached hydrogens (tertiary/aromatic N) is 3. The van der Waals surface area contributed by atoms with Crippen LogP contribution in [0.1, 0.15) is 17.3 Å². The molecule has 2 rings (SSSR count). The van der Waals surface area contributed by atoms with Crippen molar-refractivity contribution in [2.75, 3.05) is 20.7 Å². The molecule has 0 radical (unpaired) electrons. The lowest BCUT2D eigenvalue weighted by atomic mass is 10.1. The molecule has 0 saturated heterocycles. The number of aryl methyl sites for hydroxylation is 1. The highest BCUT2D eigenvalue weighted by Crippen LogP contribution is 2.12. The van der Waals surface area contributed by atoms with E-state index in [0.717, 1.165) is 17.7 Å². The number of hydrogen-bond donors (Lipinski definition) is 0. The van der Waals surface area contributed by atoms with Gasteiger partial charge in [0.15, 0.2) is 5.82 Å². The third-order valence-electron chi connectivity index (χ3n) is 3.20. The highest BCUT2D eigenvalue weighted by Gasteiger charge is 2.13. The maximum Gasteiger partial charge on any atom is 0.230 e. The Bertz CT molecular complexity index is 592. The Hall–Kier alpha value is -2.37. The molecule has 1 heterocycles. The molecule has 6 nitrogen and oxygen atoms in total. The number of aromatic nitrogens is 2. The normalized spacial score (nSPS) is 10.4. The first-order chi connectivity index (χ1) is 10.1. The predicted octanol–water partition coefficient (Wildman–Crippen LogP) is 1.63. The largest absolute Gasteiger partial charge is 0.497 e. The van der Waals surface area contributed by atoms with E-state index in [9.17, 15) is 4.79 Å². The smallest absolute Gasteiger partial charge is 0.230 e. The minimum Gasteiger partial charge on any atom is -0.497 e. The number of ether oxygens (including phenoxy) is 1. The molecular weight excluding hydrogens is 270 g/mol. The van der Waals surface area contributed by atoms with Gasteiger partial charge < -0.3 is 14.2 Å². The van der Waals surface area contributed by atoms with Crippen LogP contribution in [-0.2, 0) is 17.6 Å². The molecule has 1 amide bonds. The van der Waals surface area contributed by atoms with Gasteiger partial charge in [-0.25, -0.2) is 0 Å². The summed E-state index contributed by atoms with van der Waals surface area (Å²) in [5, 5.41) is 3.73. The van der Waals surface area contributed by atoms with E-state index in [1.165, 1.54) is 0 Å². The molecule has 0 bridgehead atoms. The average molecular weight is 289 g/mol. The molecule has 0 unspecified atom stereocenters. The van der Waals surface area contributed by atoms with E-state index in [0.29, 0.717) is 18.3 Å². The maximum absolute atomic E-state index is 12.0. The lowest BCUT2D eigenvalue weighted by Crippen LogP contribution is -2.30. The van der Waals surface area contributed by atoms with E-state index in [1.807, 2.05) is 24.3 Å². The molecule has 0 fully saturated rings. The second-order valence-corrected chi connectivity index (χ2v) is 4.82. The molecular formula is C15H19N3O3. The Morgan fingerprint density at radius 3 is 2.62 bits per heavy atom. The van der Waals surface area contributed by atoms with Crippen molar-refractivity contribution >= 4 is 5.91 Å². The van der Waals surface area contributed by atoms with E-state index >= 15 is 0 Å². The van der Waals surface area contributed by atoms with Crippen molar-refractivity contribution in [2.24, 2.45) is 0 Å². The standard InChI is InChI=1S/C15H19N3O3/c1-11-16-14(17-21-11)10-15(19)18(2)9-8-12-4-6-13(20-3)7-5-12/h4-7H,8-10H2,1-3H3. The van der Waals surface area contributed by atoms with Gasteiger partial charge in [0.1, 0.15) is 5.75 Å².